The number of phosphoric acid groups is 1. The standard InChI is InChI=1S/C49H92NO7P/c1-3-5-7-9-11-13-15-17-19-21-22-23-24-25-27-29-31-33-35-37-39-41-44-54-46-48(47-56-58(52,53)55-45-43-50)57-49(51)42-40-38-36-34-32-30-28-26-20-18-16-14-12-10-8-6-4-2/h5,7,11,13,17,19,22-23,48H,3-4,6,8-10,12,14-16,18,20-21,24-47,50H2,1-2H3,(H,52,53)/b7-5-,13-11-,19-17-,23-22-. The van der Waals surface area contributed by atoms with E-state index in [4.69, 9.17) is 24.3 Å². The molecule has 0 bridgehead atoms. The molecule has 0 rings (SSSR count). The van der Waals surface area contributed by atoms with Gasteiger partial charge in [0.15, 0.2) is 0 Å². The Morgan fingerprint density at radius 3 is 1.45 bits per heavy atom. The Morgan fingerprint density at radius 1 is 0.534 bits per heavy atom. The van der Waals surface area contributed by atoms with E-state index in [1.165, 1.54) is 141 Å². The maximum absolute atomic E-state index is 12.6. The molecule has 0 aliphatic heterocycles. The molecule has 8 nitrogen and oxygen atoms in total. The molecule has 0 fully saturated rings. The third-order valence-corrected chi connectivity index (χ3v) is 11.2. The van der Waals surface area contributed by atoms with E-state index in [0.29, 0.717) is 13.0 Å². The van der Waals surface area contributed by atoms with Crippen LogP contribution in [0.3, 0.4) is 0 Å². The fourth-order valence-corrected chi connectivity index (χ4v) is 7.52. The number of hydrogen-bond acceptors (Lipinski definition) is 7. The summed E-state index contributed by atoms with van der Waals surface area (Å²) in [7, 11) is -4.28. The minimum absolute atomic E-state index is 0.0965. The van der Waals surface area contributed by atoms with E-state index >= 15 is 0 Å². The SMILES string of the molecule is CC/C=C\C/C=C\C/C=C\C/C=C\CCCCCCCCCCCOCC(COP(=O)(O)OCCN)OC(=O)CCCCCCCCCCCCCCCCCCC. The highest BCUT2D eigenvalue weighted by Gasteiger charge is 2.25. The molecule has 0 radical (unpaired) electrons. The van der Waals surface area contributed by atoms with Crippen LogP contribution >= 0.6 is 7.82 Å². The molecule has 340 valence electrons. The average Bonchev–Trinajstić information content (AvgIpc) is 3.21. The van der Waals surface area contributed by atoms with E-state index in [1.54, 1.807) is 0 Å². The van der Waals surface area contributed by atoms with Gasteiger partial charge >= 0.3 is 13.8 Å². The van der Waals surface area contributed by atoms with Crippen LogP contribution in [0, 0.1) is 0 Å². The van der Waals surface area contributed by atoms with Crippen molar-refractivity contribution in [3.05, 3.63) is 48.6 Å². The first-order valence-corrected chi connectivity index (χ1v) is 25.6. The summed E-state index contributed by atoms with van der Waals surface area (Å²) in [6.07, 6.45) is 55.6. The van der Waals surface area contributed by atoms with Gasteiger partial charge in [-0.25, -0.2) is 4.57 Å². The van der Waals surface area contributed by atoms with Crippen LogP contribution < -0.4 is 5.73 Å². The number of unbranched alkanes of at least 4 members (excludes halogenated alkanes) is 25. The van der Waals surface area contributed by atoms with Gasteiger partial charge in [-0.2, -0.15) is 0 Å². The van der Waals surface area contributed by atoms with Gasteiger partial charge in [-0.05, 0) is 51.4 Å². The van der Waals surface area contributed by atoms with E-state index in [9.17, 15) is 14.3 Å². The highest BCUT2D eigenvalue weighted by Crippen LogP contribution is 2.43. The highest BCUT2D eigenvalue weighted by atomic mass is 31.2. The predicted molar refractivity (Wildman–Crippen MR) is 247 cm³/mol. The molecular formula is C49H92NO7P. The van der Waals surface area contributed by atoms with Crippen molar-refractivity contribution in [2.75, 3.05) is 33.0 Å². The molecule has 0 spiro atoms. The summed E-state index contributed by atoms with van der Waals surface area (Å²) in [5.41, 5.74) is 5.38. The van der Waals surface area contributed by atoms with Crippen molar-refractivity contribution >= 4 is 13.8 Å². The maximum Gasteiger partial charge on any atom is 0.472 e. The minimum Gasteiger partial charge on any atom is -0.457 e. The van der Waals surface area contributed by atoms with Crippen LogP contribution in [-0.4, -0.2) is 49.9 Å². The Labute approximate surface area is 358 Å². The molecule has 3 N–H and O–H groups in total. The molecule has 2 unspecified atom stereocenters. The zero-order valence-electron chi connectivity index (χ0n) is 37.8. The lowest BCUT2D eigenvalue weighted by atomic mass is 10.0. The summed E-state index contributed by atoms with van der Waals surface area (Å²) < 4.78 is 33.5. The Morgan fingerprint density at radius 2 is 0.966 bits per heavy atom. The number of carbonyl (C=O) groups excluding carboxylic acids is 1. The predicted octanol–water partition coefficient (Wildman–Crippen LogP) is 14.8. The second-order valence-electron chi connectivity index (χ2n) is 16.0. The molecule has 2 atom stereocenters. The monoisotopic (exact) mass is 838 g/mol. The molecule has 0 aromatic carbocycles. The van der Waals surface area contributed by atoms with Gasteiger partial charge in [-0.15, -0.1) is 0 Å². The summed E-state index contributed by atoms with van der Waals surface area (Å²) in [4.78, 5) is 22.5. The zero-order chi connectivity index (χ0) is 42.3. The second kappa shape index (κ2) is 46.5. The quantitative estimate of drug-likeness (QED) is 0.0269. The van der Waals surface area contributed by atoms with Crippen LogP contribution in [0.1, 0.15) is 219 Å². The molecule has 0 saturated heterocycles. The third-order valence-electron chi connectivity index (χ3n) is 10.3. The number of nitrogens with two attached hydrogens (primary N) is 1. The van der Waals surface area contributed by atoms with Crippen LogP contribution in [-0.2, 0) is 27.9 Å². The summed E-state index contributed by atoms with van der Waals surface area (Å²) in [6.45, 7) is 4.83. The van der Waals surface area contributed by atoms with E-state index in [-0.39, 0.29) is 32.3 Å². The molecule has 0 aromatic heterocycles. The lowest BCUT2D eigenvalue weighted by Crippen LogP contribution is -2.28. The van der Waals surface area contributed by atoms with Crippen molar-refractivity contribution < 1.29 is 32.8 Å². The van der Waals surface area contributed by atoms with Crippen LogP contribution in [0.5, 0.6) is 0 Å². The number of rotatable bonds is 46. The van der Waals surface area contributed by atoms with Gasteiger partial charge in [-0.1, -0.05) is 210 Å². The molecule has 0 aliphatic rings. The molecule has 0 saturated carbocycles. The zero-order valence-corrected chi connectivity index (χ0v) is 38.7. The number of ether oxygens (including phenoxy) is 2. The molecule has 0 heterocycles. The van der Waals surface area contributed by atoms with Crippen LogP contribution in [0.15, 0.2) is 48.6 Å². The third kappa shape index (κ3) is 45.5. The largest absolute Gasteiger partial charge is 0.472 e. The second-order valence-corrected chi connectivity index (χ2v) is 17.4. The smallest absolute Gasteiger partial charge is 0.457 e. The van der Waals surface area contributed by atoms with Crippen molar-refractivity contribution in [3.63, 3.8) is 0 Å². The number of phosphoric ester groups is 1. The Kier molecular flexibility index (Phi) is 45.3. The van der Waals surface area contributed by atoms with Crippen molar-refractivity contribution in [3.8, 4) is 0 Å². The Balaban J connectivity index is 3.96. The molecule has 58 heavy (non-hydrogen) atoms. The fraction of sp³-hybridized carbons (Fsp3) is 0.816. The molecule has 0 aliphatic carbocycles. The summed E-state index contributed by atoms with van der Waals surface area (Å²) in [5, 5.41) is 0. The number of allylic oxidation sites excluding steroid dienone is 8. The Bertz CT molecular complexity index is 1030. The topological polar surface area (TPSA) is 117 Å². The van der Waals surface area contributed by atoms with Crippen LogP contribution in [0.25, 0.3) is 0 Å². The van der Waals surface area contributed by atoms with E-state index < -0.39 is 13.9 Å². The lowest BCUT2D eigenvalue weighted by Gasteiger charge is -2.20. The minimum atomic E-state index is -4.28. The Hall–Kier alpha value is -1.54. The van der Waals surface area contributed by atoms with Gasteiger partial charge in [0, 0.05) is 19.6 Å². The molecule has 9 heteroatoms. The summed E-state index contributed by atoms with van der Waals surface area (Å²) in [6, 6.07) is 0. The first kappa shape index (κ1) is 56.5. The van der Waals surface area contributed by atoms with Crippen molar-refractivity contribution in [1.82, 2.24) is 0 Å². The van der Waals surface area contributed by atoms with Gasteiger partial charge in [0.25, 0.3) is 0 Å². The number of esters is 1. The average molecular weight is 838 g/mol. The molecular weight excluding hydrogens is 746 g/mol. The maximum atomic E-state index is 12.6. The first-order chi connectivity index (χ1) is 28.4. The van der Waals surface area contributed by atoms with Gasteiger partial charge in [-0.3, -0.25) is 13.8 Å². The van der Waals surface area contributed by atoms with E-state index in [1.807, 2.05) is 0 Å². The van der Waals surface area contributed by atoms with E-state index in [0.717, 1.165) is 57.8 Å². The molecule has 0 amide bonds. The van der Waals surface area contributed by atoms with Gasteiger partial charge in [0.05, 0.1) is 19.8 Å². The number of hydrogen-bond donors (Lipinski definition) is 2. The van der Waals surface area contributed by atoms with Crippen molar-refractivity contribution in [1.29, 1.82) is 0 Å². The highest BCUT2D eigenvalue weighted by molar-refractivity contribution is 7.47. The lowest BCUT2D eigenvalue weighted by molar-refractivity contribution is -0.154. The van der Waals surface area contributed by atoms with Crippen LogP contribution in [0.4, 0.5) is 0 Å². The van der Waals surface area contributed by atoms with Gasteiger partial charge < -0.3 is 20.1 Å². The molecule has 0 aromatic rings. The van der Waals surface area contributed by atoms with E-state index in [2.05, 4.69) is 62.5 Å². The normalized spacial score (nSPS) is 13.8. The fourth-order valence-electron chi connectivity index (χ4n) is 6.75. The summed E-state index contributed by atoms with van der Waals surface area (Å²) >= 11 is 0. The first-order valence-electron chi connectivity index (χ1n) is 24.1. The van der Waals surface area contributed by atoms with Crippen molar-refractivity contribution in [2.45, 2.75) is 225 Å². The van der Waals surface area contributed by atoms with Gasteiger partial charge in [0.2, 0.25) is 0 Å². The van der Waals surface area contributed by atoms with Crippen molar-refractivity contribution in [2.24, 2.45) is 5.73 Å². The van der Waals surface area contributed by atoms with Crippen LogP contribution in [0.2, 0.25) is 0 Å². The summed E-state index contributed by atoms with van der Waals surface area (Å²) in [5.74, 6) is -0.330. The number of carbonyl (C=O) groups is 1. The van der Waals surface area contributed by atoms with Gasteiger partial charge in [0.1, 0.15) is 6.10 Å².